The van der Waals surface area contributed by atoms with Crippen molar-refractivity contribution in [1.29, 1.82) is 0 Å². The summed E-state index contributed by atoms with van der Waals surface area (Å²) in [5.41, 5.74) is 3.05. The molecule has 25 heavy (non-hydrogen) atoms. The average Bonchev–Trinajstić information content (AvgIpc) is 2.64. The third-order valence-electron chi connectivity index (χ3n) is 4.23. The van der Waals surface area contributed by atoms with E-state index in [1.807, 2.05) is 48.5 Å². The van der Waals surface area contributed by atoms with Gasteiger partial charge in [-0.1, -0.05) is 54.6 Å². The number of aromatic hydroxyl groups is 1. The van der Waals surface area contributed by atoms with Gasteiger partial charge in [-0.2, -0.15) is 0 Å². The summed E-state index contributed by atoms with van der Waals surface area (Å²) in [7, 11) is 0. The van der Waals surface area contributed by atoms with Crippen molar-refractivity contribution in [2.45, 2.75) is 0 Å². The van der Waals surface area contributed by atoms with Gasteiger partial charge in [0, 0.05) is 16.5 Å². The molecule has 0 atom stereocenters. The maximum atomic E-state index is 13.1. The first kappa shape index (κ1) is 15.1. The Morgan fingerprint density at radius 3 is 2.20 bits per heavy atom. The Balaban J connectivity index is 1.97. The standard InChI is InChI=1S/C21H14FNO2/c22-16-9-6-13(7-10-16)15-8-11-17-18(12-15)23-21(25)20(24)19(17)14-4-2-1-3-5-14/h1-12,24H,(H,23,25). The van der Waals surface area contributed by atoms with Gasteiger partial charge < -0.3 is 10.1 Å². The molecule has 0 aliphatic heterocycles. The fraction of sp³-hybridized carbons (Fsp3) is 0. The van der Waals surface area contributed by atoms with Crippen LogP contribution >= 0.6 is 0 Å². The Bertz CT molecular complexity index is 1120. The fourth-order valence-corrected chi connectivity index (χ4v) is 3.01. The van der Waals surface area contributed by atoms with Gasteiger partial charge in [-0.25, -0.2) is 4.39 Å². The van der Waals surface area contributed by atoms with E-state index in [1.165, 1.54) is 12.1 Å². The molecule has 4 aromatic rings. The van der Waals surface area contributed by atoms with Crippen LogP contribution in [0.2, 0.25) is 0 Å². The maximum Gasteiger partial charge on any atom is 0.291 e. The SMILES string of the molecule is O=c1[nH]c2cc(-c3ccc(F)cc3)ccc2c(-c2ccccc2)c1O. The molecule has 0 amide bonds. The van der Waals surface area contributed by atoms with Crippen LogP contribution in [0, 0.1) is 5.82 Å². The molecule has 3 nitrogen and oxygen atoms in total. The van der Waals surface area contributed by atoms with Gasteiger partial charge in [0.1, 0.15) is 5.82 Å². The number of fused-ring (bicyclic) bond motifs is 1. The number of hydrogen-bond acceptors (Lipinski definition) is 2. The normalized spacial score (nSPS) is 10.9. The van der Waals surface area contributed by atoms with Crippen LogP contribution in [0.3, 0.4) is 0 Å². The van der Waals surface area contributed by atoms with Gasteiger partial charge in [-0.3, -0.25) is 4.79 Å². The molecule has 0 saturated heterocycles. The second-order valence-corrected chi connectivity index (χ2v) is 5.81. The van der Waals surface area contributed by atoms with Crippen molar-refractivity contribution in [3.8, 4) is 28.0 Å². The lowest BCUT2D eigenvalue weighted by atomic mass is 9.97. The molecule has 4 heteroatoms. The van der Waals surface area contributed by atoms with Crippen molar-refractivity contribution in [3.63, 3.8) is 0 Å². The largest absolute Gasteiger partial charge is 0.503 e. The van der Waals surface area contributed by atoms with Crippen molar-refractivity contribution < 1.29 is 9.50 Å². The van der Waals surface area contributed by atoms with Gasteiger partial charge in [0.2, 0.25) is 0 Å². The Kier molecular flexibility index (Phi) is 3.58. The lowest BCUT2D eigenvalue weighted by Crippen LogP contribution is -2.06. The van der Waals surface area contributed by atoms with Gasteiger partial charge in [0.05, 0.1) is 0 Å². The molecule has 0 spiro atoms. The molecular weight excluding hydrogens is 317 g/mol. The second-order valence-electron chi connectivity index (χ2n) is 5.81. The number of benzene rings is 3. The third-order valence-corrected chi connectivity index (χ3v) is 4.23. The van der Waals surface area contributed by atoms with E-state index in [2.05, 4.69) is 4.98 Å². The number of aromatic amines is 1. The minimum atomic E-state index is -0.539. The van der Waals surface area contributed by atoms with Crippen LogP contribution in [0.15, 0.2) is 77.6 Å². The van der Waals surface area contributed by atoms with Crippen LogP contribution in [0.1, 0.15) is 0 Å². The molecule has 0 fully saturated rings. The Morgan fingerprint density at radius 1 is 0.800 bits per heavy atom. The van der Waals surface area contributed by atoms with Crippen LogP contribution in [0.25, 0.3) is 33.2 Å². The molecule has 122 valence electrons. The maximum absolute atomic E-state index is 13.1. The molecule has 1 heterocycles. The van der Waals surface area contributed by atoms with E-state index < -0.39 is 5.56 Å². The van der Waals surface area contributed by atoms with E-state index in [-0.39, 0.29) is 11.6 Å². The summed E-state index contributed by atoms with van der Waals surface area (Å²) < 4.78 is 13.1. The summed E-state index contributed by atoms with van der Waals surface area (Å²) >= 11 is 0. The zero-order valence-electron chi connectivity index (χ0n) is 13.2. The Labute approximate surface area is 143 Å². The molecule has 0 bridgehead atoms. The van der Waals surface area contributed by atoms with E-state index >= 15 is 0 Å². The van der Waals surface area contributed by atoms with E-state index in [1.54, 1.807) is 12.1 Å². The first-order chi connectivity index (χ1) is 12.1. The van der Waals surface area contributed by atoms with Crippen LogP contribution in [0.5, 0.6) is 5.75 Å². The first-order valence-corrected chi connectivity index (χ1v) is 7.84. The molecule has 0 unspecified atom stereocenters. The van der Waals surface area contributed by atoms with Gasteiger partial charge in [-0.05, 0) is 34.9 Å². The van der Waals surface area contributed by atoms with Crippen molar-refractivity contribution in [2.24, 2.45) is 0 Å². The molecule has 3 aromatic carbocycles. The van der Waals surface area contributed by atoms with Gasteiger partial charge >= 0.3 is 0 Å². The smallest absolute Gasteiger partial charge is 0.291 e. The number of hydrogen-bond donors (Lipinski definition) is 2. The number of halogens is 1. The summed E-state index contributed by atoms with van der Waals surface area (Å²) in [5.74, 6) is -0.595. The van der Waals surface area contributed by atoms with Crippen LogP contribution < -0.4 is 5.56 Å². The summed E-state index contributed by atoms with van der Waals surface area (Å²) in [5, 5.41) is 11.0. The number of nitrogens with one attached hydrogen (secondary N) is 1. The summed E-state index contributed by atoms with van der Waals surface area (Å²) in [4.78, 5) is 14.9. The van der Waals surface area contributed by atoms with E-state index in [0.29, 0.717) is 11.1 Å². The lowest BCUT2D eigenvalue weighted by molar-refractivity contribution is 0.470. The van der Waals surface area contributed by atoms with Gasteiger partial charge in [0.25, 0.3) is 5.56 Å². The molecule has 0 saturated carbocycles. The molecule has 4 rings (SSSR count). The highest BCUT2D eigenvalue weighted by molar-refractivity contribution is 5.98. The monoisotopic (exact) mass is 331 g/mol. The molecule has 2 N–H and O–H groups in total. The minimum Gasteiger partial charge on any atom is -0.503 e. The zero-order chi connectivity index (χ0) is 17.4. The predicted molar refractivity (Wildman–Crippen MR) is 97.1 cm³/mol. The number of aromatic nitrogens is 1. The number of H-pyrrole nitrogens is 1. The van der Waals surface area contributed by atoms with Crippen LogP contribution in [-0.4, -0.2) is 10.1 Å². The van der Waals surface area contributed by atoms with Crippen molar-refractivity contribution in [2.75, 3.05) is 0 Å². The molecule has 0 aliphatic rings. The summed E-state index contributed by atoms with van der Waals surface area (Å²) in [6, 6.07) is 21.0. The van der Waals surface area contributed by atoms with Gasteiger partial charge in [0.15, 0.2) is 5.75 Å². The molecular formula is C21H14FNO2. The lowest BCUT2D eigenvalue weighted by Gasteiger charge is -2.10. The predicted octanol–water partition coefficient (Wildman–Crippen LogP) is 4.71. The first-order valence-electron chi connectivity index (χ1n) is 7.84. The second kappa shape index (κ2) is 5.91. The van der Waals surface area contributed by atoms with E-state index in [4.69, 9.17) is 0 Å². The third kappa shape index (κ3) is 2.68. The summed E-state index contributed by atoms with van der Waals surface area (Å²) in [6.07, 6.45) is 0. The molecule has 0 radical (unpaired) electrons. The fourth-order valence-electron chi connectivity index (χ4n) is 3.01. The minimum absolute atomic E-state index is 0.297. The number of pyridine rings is 1. The quantitative estimate of drug-likeness (QED) is 0.559. The van der Waals surface area contributed by atoms with E-state index in [9.17, 15) is 14.3 Å². The number of rotatable bonds is 2. The van der Waals surface area contributed by atoms with Crippen molar-refractivity contribution >= 4 is 10.9 Å². The van der Waals surface area contributed by atoms with E-state index in [0.717, 1.165) is 22.1 Å². The highest BCUT2D eigenvalue weighted by Crippen LogP contribution is 2.34. The Hall–Kier alpha value is -3.40. The van der Waals surface area contributed by atoms with Gasteiger partial charge in [-0.15, -0.1) is 0 Å². The van der Waals surface area contributed by atoms with Crippen molar-refractivity contribution in [1.82, 2.24) is 4.98 Å². The average molecular weight is 331 g/mol. The molecule has 1 aromatic heterocycles. The summed E-state index contributed by atoms with van der Waals surface area (Å²) in [6.45, 7) is 0. The van der Waals surface area contributed by atoms with Crippen LogP contribution in [-0.2, 0) is 0 Å². The molecule has 0 aliphatic carbocycles. The zero-order valence-corrected chi connectivity index (χ0v) is 13.2. The Morgan fingerprint density at radius 2 is 1.48 bits per heavy atom. The topological polar surface area (TPSA) is 53.1 Å². The highest BCUT2D eigenvalue weighted by atomic mass is 19.1. The van der Waals surface area contributed by atoms with Crippen molar-refractivity contribution in [3.05, 3.63) is 89.0 Å². The van der Waals surface area contributed by atoms with Crippen LogP contribution in [0.4, 0.5) is 4.39 Å². The highest BCUT2D eigenvalue weighted by Gasteiger charge is 2.14.